The Hall–Kier alpha value is -2.66. The fraction of sp³-hybridized carbons (Fsp3) is 0.389. The molecule has 0 spiro atoms. The SMILES string of the molecule is O=C(NCCCS(=O)(=O)N1CCN(c2ncccn2)CC1)c1ccc(F)cc1F. The number of halogens is 2. The summed E-state index contributed by atoms with van der Waals surface area (Å²) in [6.45, 7) is 1.70. The van der Waals surface area contributed by atoms with Gasteiger partial charge in [-0.15, -0.1) is 0 Å². The van der Waals surface area contributed by atoms with Gasteiger partial charge in [-0.2, -0.15) is 4.31 Å². The van der Waals surface area contributed by atoms with Crippen LogP contribution in [-0.2, 0) is 10.0 Å². The van der Waals surface area contributed by atoms with Crippen molar-refractivity contribution in [1.82, 2.24) is 19.6 Å². The Bertz CT molecular complexity index is 951. The second-order valence-corrected chi connectivity index (χ2v) is 8.57. The third kappa shape index (κ3) is 5.45. The number of amides is 1. The summed E-state index contributed by atoms with van der Waals surface area (Å²) in [5, 5.41) is 2.45. The van der Waals surface area contributed by atoms with Gasteiger partial charge in [0.2, 0.25) is 16.0 Å². The molecule has 1 N–H and O–H groups in total. The predicted octanol–water partition coefficient (Wildman–Crippen LogP) is 1.03. The van der Waals surface area contributed by atoms with Crippen LogP contribution in [0, 0.1) is 11.6 Å². The molecule has 0 saturated carbocycles. The third-order valence-electron chi connectivity index (χ3n) is 4.51. The number of benzene rings is 1. The Balaban J connectivity index is 1.44. The molecule has 3 rings (SSSR count). The second-order valence-electron chi connectivity index (χ2n) is 6.48. The van der Waals surface area contributed by atoms with Crippen LogP contribution in [0.1, 0.15) is 16.8 Å². The van der Waals surface area contributed by atoms with Gasteiger partial charge in [0, 0.05) is 51.2 Å². The number of sulfonamides is 1. The zero-order valence-corrected chi connectivity index (χ0v) is 16.4. The number of nitrogens with zero attached hydrogens (tertiary/aromatic N) is 4. The number of nitrogens with one attached hydrogen (secondary N) is 1. The molecular formula is C18H21F2N5O3S. The number of carbonyl (C=O) groups excluding carboxylic acids is 1. The quantitative estimate of drug-likeness (QED) is 0.666. The maximum atomic E-state index is 13.6. The maximum absolute atomic E-state index is 13.6. The van der Waals surface area contributed by atoms with Crippen molar-refractivity contribution < 1.29 is 22.0 Å². The summed E-state index contributed by atoms with van der Waals surface area (Å²) in [7, 11) is -3.47. The molecule has 1 fully saturated rings. The molecular weight excluding hydrogens is 404 g/mol. The molecule has 0 bridgehead atoms. The van der Waals surface area contributed by atoms with E-state index in [1.54, 1.807) is 18.5 Å². The normalized spacial score (nSPS) is 15.3. The van der Waals surface area contributed by atoms with Gasteiger partial charge in [-0.25, -0.2) is 27.2 Å². The van der Waals surface area contributed by atoms with Crippen molar-refractivity contribution in [2.45, 2.75) is 6.42 Å². The van der Waals surface area contributed by atoms with Crippen LogP contribution in [0.4, 0.5) is 14.7 Å². The minimum absolute atomic E-state index is 0.0622. The molecule has 156 valence electrons. The van der Waals surface area contributed by atoms with Crippen molar-refractivity contribution in [3.63, 3.8) is 0 Å². The number of aromatic nitrogens is 2. The molecule has 1 aliphatic heterocycles. The van der Waals surface area contributed by atoms with Gasteiger partial charge in [0.1, 0.15) is 11.6 Å². The molecule has 0 radical (unpaired) electrons. The van der Waals surface area contributed by atoms with Crippen LogP contribution >= 0.6 is 0 Å². The van der Waals surface area contributed by atoms with Gasteiger partial charge in [0.05, 0.1) is 11.3 Å². The predicted molar refractivity (Wildman–Crippen MR) is 103 cm³/mol. The number of piperazine rings is 1. The summed E-state index contributed by atoms with van der Waals surface area (Å²) < 4.78 is 52.9. The minimum Gasteiger partial charge on any atom is -0.352 e. The lowest BCUT2D eigenvalue weighted by atomic mass is 10.2. The van der Waals surface area contributed by atoms with E-state index in [-0.39, 0.29) is 24.3 Å². The fourth-order valence-corrected chi connectivity index (χ4v) is 4.46. The monoisotopic (exact) mass is 425 g/mol. The van der Waals surface area contributed by atoms with Crippen molar-refractivity contribution in [3.8, 4) is 0 Å². The average Bonchev–Trinajstić information content (AvgIpc) is 2.72. The summed E-state index contributed by atoms with van der Waals surface area (Å²) in [4.78, 5) is 22.2. The van der Waals surface area contributed by atoms with E-state index in [0.717, 1.165) is 12.1 Å². The highest BCUT2D eigenvalue weighted by Gasteiger charge is 2.27. The van der Waals surface area contributed by atoms with Gasteiger partial charge in [0.15, 0.2) is 0 Å². The highest BCUT2D eigenvalue weighted by molar-refractivity contribution is 7.89. The highest BCUT2D eigenvalue weighted by Crippen LogP contribution is 2.13. The summed E-state index contributed by atoms with van der Waals surface area (Å²) >= 11 is 0. The third-order valence-corrected chi connectivity index (χ3v) is 6.46. The Morgan fingerprint density at radius 2 is 1.79 bits per heavy atom. The fourth-order valence-electron chi connectivity index (χ4n) is 2.98. The summed E-state index contributed by atoms with van der Waals surface area (Å²) in [5.41, 5.74) is -0.284. The Morgan fingerprint density at radius 3 is 2.45 bits per heavy atom. The standard InChI is InChI=1S/C18H21F2N5O3S/c19-14-3-4-15(16(20)13-14)17(26)21-7-2-12-29(27,28)25-10-8-24(9-11-25)18-22-5-1-6-23-18/h1,3-6,13H,2,7-12H2,(H,21,26). The lowest BCUT2D eigenvalue weighted by Crippen LogP contribution is -2.49. The molecule has 29 heavy (non-hydrogen) atoms. The second kappa shape index (κ2) is 9.23. The number of hydrogen-bond acceptors (Lipinski definition) is 6. The molecule has 1 aromatic heterocycles. The molecule has 11 heteroatoms. The zero-order chi connectivity index (χ0) is 20.9. The van der Waals surface area contributed by atoms with Crippen LogP contribution in [0.25, 0.3) is 0 Å². The molecule has 0 atom stereocenters. The maximum Gasteiger partial charge on any atom is 0.254 e. The molecule has 2 heterocycles. The smallest absolute Gasteiger partial charge is 0.254 e. The van der Waals surface area contributed by atoms with E-state index in [1.807, 2.05) is 4.90 Å². The summed E-state index contributed by atoms with van der Waals surface area (Å²) in [6, 6.07) is 4.38. The number of carbonyl (C=O) groups is 1. The van der Waals surface area contributed by atoms with E-state index < -0.39 is 27.6 Å². The van der Waals surface area contributed by atoms with E-state index in [9.17, 15) is 22.0 Å². The highest BCUT2D eigenvalue weighted by atomic mass is 32.2. The van der Waals surface area contributed by atoms with Crippen molar-refractivity contribution in [2.75, 3.05) is 43.4 Å². The van der Waals surface area contributed by atoms with Crippen LogP contribution in [0.2, 0.25) is 0 Å². The van der Waals surface area contributed by atoms with Crippen LogP contribution in [-0.4, -0.2) is 67.1 Å². The van der Waals surface area contributed by atoms with E-state index in [2.05, 4.69) is 15.3 Å². The topological polar surface area (TPSA) is 95.5 Å². The van der Waals surface area contributed by atoms with E-state index >= 15 is 0 Å². The van der Waals surface area contributed by atoms with Crippen LogP contribution < -0.4 is 10.2 Å². The lowest BCUT2D eigenvalue weighted by molar-refractivity contribution is 0.0949. The van der Waals surface area contributed by atoms with Gasteiger partial charge in [-0.1, -0.05) is 0 Å². The van der Waals surface area contributed by atoms with Crippen LogP contribution in [0.3, 0.4) is 0 Å². The zero-order valence-electron chi connectivity index (χ0n) is 15.6. The van der Waals surface area contributed by atoms with Crippen LogP contribution in [0.15, 0.2) is 36.7 Å². The van der Waals surface area contributed by atoms with Crippen molar-refractivity contribution >= 4 is 21.9 Å². The van der Waals surface area contributed by atoms with Gasteiger partial charge < -0.3 is 10.2 Å². The Morgan fingerprint density at radius 1 is 1.10 bits per heavy atom. The lowest BCUT2D eigenvalue weighted by Gasteiger charge is -2.33. The van der Waals surface area contributed by atoms with Gasteiger partial charge in [0.25, 0.3) is 5.91 Å². The molecule has 1 aromatic carbocycles. The van der Waals surface area contributed by atoms with Crippen molar-refractivity contribution in [3.05, 3.63) is 53.9 Å². The largest absolute Gasteiger partial charge is 0.352 e. The van der Waals surface area contributed by atoms with Gasteiger partial charge >= 0.3 is 0 Å². The first-order chi connectivity index (χ1) is 13.9. The van der Waals surface area contributed by atoms with Crippen molar-refractivity contribution in [2.24, 2.45) is 0 Å². The molecule has 8 nitrogen and oxygen atoms in total. The first kappa shape index (κ1) is 21.1. The van der Waals surface area contributed by atoms with E-state index in [0.29, 0.717) is 38.2 Å². The van der Waals surface area contributed by atoms with E-state index in [1.165, 1.54) is 4.31 Å². The Labute approximate surface area is 167 Å². The minimum atomic E-state index is -3.47. The van der Waals surface area contributed by atoms with Crippen LogP contribution in [0.5, 0.6) is 0 Å². The molecule has 2 aromatic rings. The first-order valence-electron chi connectivity index (χ1n) is 9.10. The van der Waals surface area contributed by atoms with Crippen molar-refractivity contribution in [1.29, 1.82) is 0 Å². The first-order valence-corrected chi connectivity index (χ1v) is 10.7. The summed E-state index contributed by atoms with van der Waals surface area (Å²) in [6.07, 6.45) is 3.45. The van der Waals surface area contributed by atoms with E-state index in [4.69, 9.17) is 0 Å². The Kier molecular flexibility index (Phi) is 6.70. The molecule has 1 aliphatic rings. The number of hydrogen-bond donors (Lipinski definition) is 1. The molecule has 0 unspecified atom stereocenters. The van der Waals surface area contributed by atoms with Gasteiger partial charge in [-0.3, -0.25) is 4.79 Å². The molecule has 1 saturated heterocycles. The number of rotatable bonds is 7. The average molecular weight is 425 g/mol. The summed E-state index contributed by atoms with van der Waals surface area (Å²) in [5.74, 6) is -2.02. The van der Waals surface area contributed by atoms with Gasteiger partial charge in [-0.05, 0) is 24.6 Å². The molecule has 0 aliphatic carbocycles. The number of anilines is 1. The molecule has 1 amide bonds.